The molecule has 0 saturated heterocycles. The number of ether oxygens (including phenoxy) is 5. The van der Waals surface area contributed by atoms with E-state index in [0.717, 1.165) is 127 Å². The van der Waals surface area contributed by atoms with Gasteiger partial charge in [-0.05, 0) is 187 Å². The van der Waals surface area contributed by atoms with E-state index >= 15 is 0 Å². The number of aryl methyl sites for hydroxylation is 1. The van der Waals surface area contributed by atoms with Crippen LogP contribution in [0.3, 0.4) is 0 Å². The largest absolute Gasteiger partial charge is 0.586 e. The van der Waals surface area contributed by atoms with Crippen LogP contribution < -0.4 is 18.9 Å². The van der Waals surface area contributed by atoms with Crippen LogP contribution >= 0.6 is 22.7 Å². The Hall–Kier alpha value is -8.08. The molecule has 696 valence electrons. The number of rotatable bonds is 17. The molecule has 1 aliphatic heterocycles. The van der Waals surface area contributed by atoms with E-state index in [2.05, 4.69) is 62.9 Å². The lowest BCUT2D eigenvalue weighted by molar-refractivity contribution is -0.286. The Morgan fingerprint density at radius 1 is 0.427 bits per heavy atom. The molecule has 124 heavy (non-hydrogen) atoms. The van der Waals surface area contributed by atoms with Crippen molar-refractivity contribution in [3.63, 3.8) is 0 Å². The van der Waals surface area contributed by atoms with Gasteiger partial charge in [-0.3, -0.25) is 0 Å². The number of methoxy groups -OCH3 is 1. The summed E-state index contributed by atoms with van der Waals surface area (Å²) in [5, 5.41) is 2.27. The molecule has 0 spiro atoms. The summed E-state index contributed by atoms with van der Waals surface area (Å²) in [5.41, 5.74) is 2.22. The average molecular weight is 1840 g/mol. The molecule has 8 nitrogen and oxygen atoms in total. The summed E-state index contributed by atoms with van der Waals surface area (Å²) in [7, 11) is 1.70. The van der Waals surface area contributed by atoms with Crippen molar-refractivity contribution in [3.05, 3.63) is 214 Å². The van der Waals surface area contributed by atoms with E-state index in [1.54, 1.807) is 46.9 Å². The highest BCUT2D eigenvalue weighted by Crippen LogP contribution is 2.62. The third kappa shape index (κ3) is 35.6. The minimum absolute atomic E-state index is 0.0202. The van der Waals surface area contributed by atoms with E-state index in [4.69, 9.17) is 9.47 Å². The first-order valence-corrected chi connectivity index (χ1v) is 41.4. The van der Waals surface area contributed by atoms with Crippen LogP contribution in [0.4, 0.5) is 110 Å². The smallest absolute Gasteiger partial charge is 0.477 e. The highest BCUT2D eigenvalue weighted by atomic mass is 32.1. The van der Waals surface area contributed by atoms with Gasteiger partial charge in [-0.2, -0.15) is 52.7 Å². The van der Waals surface area contributed by atoms with Gasteiger partial charge in [0.25, 0.3) is 6.43 Å². The van der Waals surface area contributed by atoms with Crippen molar-refractivity contribution in [2.75, 3.05) is 20.3 Å². The maximum atomic E-state index is 13.1. The van der Waals surface area contributed by atoms with Crippen LogP contribution in [0.1, 0.15) is 301 Å². The fourth-order valence-electron chi connectivity index (χ4n) is 12.1. The Bertz CT molecular complexity index is 4420. The summed E-state index contributed by atoms with van der Waals surface area (Å²) in [6.45, 7) is 37.8. The Kier molecular flexibility index (Phi) is 42.3. The van der Waals surface area contributed by atoms with Crippen molar-refractivity contribution >= 4 is 22.7 Å². The topological polar surface area (TPSA) is 84.8 Å². The molecule has 0 radical (unpaired) electrons. The van der Waals surface area contributed by atoms with Gasteiger partial charge in [-0.15, -0.1) is 44.6 Å². The highest BCUT2D eigenvalue weighted by Gasteiger charge is 2.54. The summed E-state index contributed by atoms with van der Waals surface area (Å²) in [6, 6.07) is 21.9. The number of benzene rings is 5. The molecule has 0 N–H and O–H groups in total. The number of nitrogens with zero attached hydrogens (tertiary/aromatic N) is 3. The molecule has 3 saturated carbocycles. The normalized spacial score (nSPS) is 16.0. The minimum Gasteiger partial charge on any atom is -0.477 e. The van der Waals surface area contributed by atoms with Crippen LogP contribution in [0.2, 0.25) is 0 Å². The average Bonchev–Trinajstić information content (AvgIpc) is 0.988. The molecule has 0 amide bonds. The first-order chi connectivity index (χ1) is 56.9. The highest BCUT2D eigenvalue weighted by molar-refractivity contribution is 7.10. The lowest BCUT2D eigenvalue weighted by Crippen LogP contribution is -2.47. The summed E-state index contributed by atoms with van der Waals surface area (Å²) in [4.78, 5) is 11.4. The fraction of sp³-hybridized carbons (Fsp3) is 0.539. The van der Waals surface area contributed by atoms with E-state index in [-0.39, 0.29) is 52.9 Å². The maximum absolute atomic E-state index is 13.1. The number of halogens is 25. The third-order valence-electron chi connectivity index (χ3n) is 19.9. The number of hydrogen-bond donors (Lipinski definition) is 0. The first kappa shape index (κ1) is 110. The molecule has 35 heteroatoms. The van der Waals surface area contributed by atoms with E-state index in [1.807, 2.05) is 82.2 Å². The lowest BCUT2D eigenvalue weighted by Gasteiger charge is -2.55. The molecule has 3 aromatic heterocycles. The molecule has 4 heterocycles. The monoisotopic (exact) mass is 1840 g/mol. The lowest BCUT2D eigenvalue weighted by atomic mass is 9.51. The number of fused-ring (bicyclic) bond motifs is 4. The number of aromatic nitrogens is 3. The summed E-state index contributed by atoms with van der Waals surface area (Å²) in [6.07, 6.45) is -24.6. The zero-order valence-corrected chi connectivity index (χ0v) is 74.0. The van der Waals surface area contributed by atoms with Gasteiger partial charge in [0.15, 0.2) is 33.8 Å². The minimum atomic E-state index is -4.86. The van der Waals surface area contributed by atoms with Gasteiger partial charge in [0.2, 0.25) is 12.3 Å². The van der Waals surface area contributed by atoms with Crippen LogP contribution in [-0.4, -0.2) is 54.4 Å². The van der Waals surface area contributed by atoms with Crippen LogP contribution in [0.5, 0.6) is 23.1 Å². The third-order valence-corrected chi connectivity index (χ3v) is 21.9. The molecule has 12 rings (SSSR count). The maximum Gasteiger partial charge on any atom is 0.586 e. The Labute approximate surface area is 716 Å². The summed E-state index contributed by atoms with van der Waals surface area (Å²) in [5.74, 6) is -2.04. The van der Waals surface area contributed by atoms with Crippen molar-refractivity contribution in [1.82, 2.24) is 15.0 Å². The predicted octanol–water partition coefficient (Wildman–Crippen LogP) is 32.5. The van der Waals surface area contributed by atoms with Crippen molar-refractivity contribution in [2.24, 2.45) is 16.7 Å². The Morgan fingerprint density at radius 3 is 1.28 bits per heavy atom. The van der Waals surface area contributed by atoms with Gasteiger partial charge >= 0.3 is 37.4 Å². The fourth-order valence-corrected chi connectivity index (χ4v) is 13.7. The van der Waals surface area contributed by atoms with E-state index < -0.39 is 112 Å². The number of thiazole rings is 2. The first-order valence-electron chi connectivity index (χ1n) is 39.6. The second kappa shape index (κ2) is 47.6. The zero-order chi connectivity index (χ0) is 94.9. The van der Waals surface area contributed by atoms with E-state index in [1.165, 1.54) is 47.3 Å². The molecule has 2 bridgehead atoms. The SMILES string of the molecule is CC(C)C12CCC(C(F)F)(CC1)CC2.CC(C)c1ccc(C(F)(F)F)c(F)c1.CC(C)c1ccc(C(F)(F)F)cc1F.CC(C)c1ccc(C(F)F)c(F)c1.CC(C)c1ccc(OC(F)(F)F)c(F)c1.CC(C)c1ccc2c(c1)OC(F)(F)O2.CC(C)c1csc(C(F)(F)F)n1.CC(C)c1nc(C(F)(F)F)cs1.COCCCOc1nc(C)ccc1C(C)C. The van der Waals surface area contributed by atoms with E-state index in [9.17, 15) is 110 Å². The Morgan fingerprint density at radius 2 is 0.895 bits per heavy atom. The van der Waals surface area contributed by atoms with Crippen LogP contribution in [0.25, 0.3) is 0 Å². The number of pyridine rings is 1. The molecule has 0 atom stereocenters. The predicted molar refractivity (Wildman–Crippen MR) is 431 cm³/mol. The molecular formula is C89H108F25N3O5S2. The second-order valence-corrected chi connectivity index (χ2v) is 34.0. The van der Waals surface area contributed by atoms with Crippen molar-refractivity contribution in [2.45, 2.75) is 274 Å². The number of alkyl halides is 21. The van der Waals surface area contributed by atoms with Crippen LogP contribution in [0.15, 0.2) is 114 Å². The standard InChI is InChI=1S/C13H21NO2.C12H20F2.C10H10F4O.2C10H10F4.C10H11F3.C10H10F2O2.2C7H8F3NS/c1-10(2)12-7-6-11(3)14-13(12)16-9-5-8-15-4;1-9(2)11-3-6-12(7-4-11,8-5-11)10(13)14;1-6(2)7-3-4-9(8(11)5-7)15-10(12,13)14;1-6(2)8-4-3-7(5-9(8)11)10(12,13)14;1-6(2)7-3-4-8(9(11)5-7)10(12,13)14;1-6(2)7-3-4-8(10(12)13)9(11)5-7;1-6(2)7-3-4-8-9(5-7)14-10(11,12)13-8;1-4(2)6-11-5(3-12-6)7(8,9)10;1-4(2)5-3-12-6(11-5)7(8,9)10/h6-7,10H,5,8-9H2,1-4H3;9-10H,3-8H2,1-2H3;3-6H,1-2H3;2*3-6H,1-2H3;3-6,10H,1-2H3;3-6H,1-2H3;2*3-4H,1-2H3. The van der Waals surface area contributed by atoms with Crippen molar-refractivity contribution in [1.29, 1.82) is 0 Å². The van der Waals surface area contributed by atoms with Crippen LogP contribution in [0, 0.1) is 46.9 Å². The van der Waals surface area contributed by atoms with Crippen molar-refractivity contribution in [3.8, 4) is 23.1 Å². The van der Waals surface area contributed by atoms with E-state index in [0.29, 0.717) is 68.7 Å². The van der Waals surface area contributed by atoms with Gasteiger partial charge in [-0.1, -0.05) is 167 Å². The Balaban J connectivity index is 0.000000360. The van der Waals surface area contributed by atoms with Crippen molar-refractivity contribution < 1.29 is 133 Å². The van der Waals surface area contributed by atoms with Gasteiger partial charge in [-0.25, -0.2) is 50.1 Å². The van der Waals surface area contributed by atoms with Gasteiger partial charge in [0.05, 0.1) is 34.0 Å². The van der Waals surface area contributed by atoms with Gasteiger partial charge < -0.3 is 23.7 Å². The molecule has 4 aliphatic rings. The van der Waals surface area contributed by atoms with Gasteiger partial charge in [0, 0.05) is 53.5 Å². The summed E-state index contributed by atoms with van der Waals surface area (Å²) < 4.78 is 331. The quantitative estimate of drug-likeness (QED) is 0.0659. The van der Waals surface area contributed by atoms with Crippen LogP contribution in [-0.2, 0) is 29.4 Å². The molecule has 3 aliphatic carbocycles. The molecule has 3 fully saturated rings. The zero-order valence-electron chi connectivity index (χ0n) is 72.3. The second-order valence-electron chi connectivity index (χ2n) is 32.3. The van der Waals surface area contributed by atoms with Gasteiger partial charge in [0.1, 0.15) is 17.5 Å². The molecule has 8 aromatic rings. The number of hydrogen-bond acceptors (Lipinski definition) is 10. The molecule has 0 unspecified atom stereocenters. The molecular weight excluding hydrogens is 1730 g/mol. The summed E-state index contributed by atoms with van der Waals surface area (Å²) >= 11 is 1.70. The molecule has 5 aromatic carbocycles.